The molecule has 1 N–H and O–H groups in total. The molecule has 1 aliphatic rings. The fourth-order valence-electron chi connectivity index (χ4n) is 3.47. The Hall–Kier alpha value is -0.890. The van der Waals surface area contributed by atoms with Crippen LogP contribution in [0.1, 0.15) is 40.0 Å². The molecule has 1 aromatic rings. The van der Waals surface area contributed by atoms with Crippen molar-refractivity contribution >= 4 is 17.3 Å². The van der Waals surface area contributed by atoms with Crippen LogP contribution in [-0.2, 0) is 0 Å². The zero-order valence-electron chi connectivity index (χ0n) is 12.3. The lowest BCUT2D eigenvalue weighted by Gasteiger charge is -2.39. The van der Waals surface area contributed by atoms with Gasteiger partial charge in [0.25, 0.3) is 0 Å². The van der Waals surface area contributed by atoms with Crippen molar-refractivity contribution in [1.82, 2.24) is 0 Å². The standard InChI is InChI=1S/C16H24ClNO/c1-11-7-13(10-16(2,3)9-11)18-14-8-12(17)5-6-15(14)19-4/h5-6,8,11,13,18H,7,9-10H2,1-4H3. The zero-order chi connectivity index (χ0) is 14.0. The van der Waals surface area contributed by atoms with Crippen LogP contribution in [0.15, 0.2) is 18.2 Å². The van der Waals surface area contributed by atoms with E-state index in [0.29, 0.717) is 11.5 Å². The molecule has 1 aliphatic carbocycles. The molecule has 0 bridgehead atoms. The van der Waals surface area contributed by atoms with Crippen LogP contribution in [0.3, 0.4) is 0 Å². The number of nitrogens with one attached hydrogen (secondary N) is 1. The fraction of sp³-hybridized carbons (Fsp3) is 0.625. The summed E-state index contributed by atoms with van der Waals surface area (Å²) >= 11 is 6.08. The van der Waals surface area contributed by atoms with Crippen molar-refractivity contribution in [2.45, 2.75) is 46.1 Å². The first-order valence-corrected chi connectivity index (χ1v) is 7.37. The summed E-state index contributed by atoms with van der Waals surface area (Å²) in [4.78, 5) is 0. The Labute approximate surface area is 121 Å². The largest absolute Gasteiger partial charge is 0.495 e. The maximum atomic E-state index is 6.08. The number of ether oxygens (including phenoxy) is 1. The molecule has 0 spiro atoms. The van der Waals surface area contributed by atoms with Gasteiger partial charge in [-0.1, -0.05) is 32.4 Å². The van der Waals surface area contributed by atoms with E-state index in [1.807, 2.05) is 18.2 Å². The van der Waals surface area contributed by atoms with Crippen LogP contribution in [0.25, 0.3) is 0 Å². The van der Waals surface area contributed by atoms with E-state index in [-0.39, 0.29) is 0 Å². The Bertz CT molecular complexity index is 444. The van der Waals surface area contributed by atoms with Gasteiger partial charge in [-0.2, -0.15) is 0 Å². The van der Waals surface area contributed by atoms with Crippen molar-refractivity contribution in [2.24, 2.45) is 11.3 Å². The molecule has 0 aliphatic heterocycles. The third-order valence-corrected chi connectivity index (χ3v) is 4.14. The average molecular weight is 282 g/mol. The number of benzene rings is 1. The maximum absolute atomic E-state index is 6.08. The smallest absolute Gasteiger partial charge is 0.142 e. The molecule has 2 rings (SSSR count). The highest BCUT2D eigenvalue weighted by Gasteiger charge is 2.32. The molecule has 2 unspecified atom stereocenters. The van der Waals surface area contributed by atoms with Gasteiger partial charge in [0.15, 0.2) is 0 Å². The molecule has 0 radical (unpaired) electrons. The predicted molar refractivity (Wildman–Crippen MR) is 82.2 cm³/mol. The molecule has 19 heavy (non-hydrogen) atoms. The number of rotatable bonds is 3. The van der Waals surface area contributed by atoms with Gasteiger partial charge >= 0.3 is 0 Å². The summed E-state index contributed by atoms with van der Waals surface area (Å²) in [6.07, 6.45) is 3.70. The van der Waals surface area contributed by atoms with Crippen molar-refractivity contribution < 1.29 is 4.74 Å². The van der Waals surface area contributed by atoms with Crippen LogP contribution < -0.4 is 10.1 Å². The van der Waals surface area contributed by atoms with Crippen LogP contribution in [0, 0.1) is 11.3 Å². The van der Waals surface area contributed by atoms with Gasteiger partial charge in [-0.3, -0.25) is 0 Å². The molecule has 2 nitrogen and oxygen atoms in total. The molecular weight excluding hydrogens is 258 g/mol. The molecule has 0 heterocycles. The number of hydrogen-bond acceptors (Lipinski definition) is 2. The molecule has 0 saturated heterocycles. The number of hydrogen-bond donors (Lipinski definition) is 1. The van der Waals surface area contributed by atoms with E-state index in [4.69, 9.17) is 16.3 Å². The number of halogens is 1. The van der Waals surface area contributed by atoms with Crippen molar-refractivity contribution in [3.05, 3.63) is 23.2 Å². The summed E-state index contributed by atoms with van der Waals surface area (Å²) in [6.45, 7) is 7.05. The van der Waals surface area contributed by atoms with Gasteiger partial charge in [0, 0.05) is 11.1 Å². The monoisotopic (exact) mass is 281 g/mol. The minimum absolute atomic E-state index is 0.404. The summed E-state index contributed by atoms with van der Waals surface area (Å²) in [7, 11) is 1.70. The van der Waals surface area contributed by atoms with Crippen LogP contribution in [-0.4, -0.2) is 13.2 Å². The third kappa shape index (κ3) is 3.79. The Balaban J connectivity index is 2.14. The van der Waals surface area contributed by atoms with Crippen molar-refractivity contribution in [1.29, 1.82) is 0 Å². The summed E-state index contributed by atoms with van der Waals surface area (Å²) < 4.78 is 5.40. The molecule has 1 saturated carbocycles. The van der Waals surface area contributed by atoms with Gasteiger partial charge in [0.1, 0.15) is 5.75 Å². The van der Waals surface area contributed by atoms with Gasteiger partial charge in [-0.15, -0.1) is 0 Å². The van der Waals surface area contributed by atoms with E-state index in [0.717, 1.165) is 22.4 Å². The normalized spacial score (nSPS) is 25.9. The van der Waals surface area contributed by atoms with Crippen LogP contribution in [0.5, 0.6) is 5.75 Å². The second kappa shape index (κ2) is 5.62. The molecule has 2 atom stereocenters. The minimum atomic E-state index is 0.404. The van der Waals surface area contributed by atoms with Crippen LogP contribution >= 0.6 is 11.6 Å². The summed E-state index contributed by atoms with van der Waals surface area (Å²) in [5, 5.41) is 4.36. The van der Waals surface area contributed by atoms with Gasteiger partial charge in [-0.05, 0) is 48.8 Å². The van der Waals surface area contributed by atoms with Crippen molar-refractivity contribution in [3.63, 3.8) is 0 Å². The Morgan fingerprint density at radius 1 is 1.32 bits per heavy atom. The quantitative estimate of drug-likeness (QED) is 0.844. The lowest BCUT2D eigenvalue weighted by Crippen LogP contribution is -2.35. The summed E-state index contributed by atoms with van der Waals surface area (Å²) in [5.74, 6) is 1.62. The van der Waals surface area contributed by atoms with E-state index in [2.05, 4.69) is 26.1 Å². The first kappa shape index (κ1) is 14.5. The Morgan fingerprint density at radius 2 is 2.05 bits per heavy atom. The van der Waals surface area contributed by atoms with Gasteiger partial charge < -0.3 is 10.1 Å². The highest BCUT2D eigenvalue weighted by Crippen LogP contribution is 2.40. The van der Waals surface area contributed by atoms with E-state index in [1.54, 1.807) is 7.11 Å². The highest BCUT2D eigenvalue weighted by atomic mass is 35.5. The predicted octanol–water partition coefficient (Wildman–Crippen LogP) is 4.98. The summed E-state index contributed by atoms with van der Waals surface area (Å²) in [6, 6.07) is 6.22. The number of anilines is 1. The SMILES string of the molecule is COc1ccc(Cl)cc1NC1CC(C)CC(C)(C)C1. The lowest BCUT2D eigenvalue weighted by atomic mass is 9.70. The van der Waals surface area contributed by atoms with Crippen molar-refractivity contribution in [3.8, 4) is 5.75 Å². The highest BCUT2D eigenvalue weighted by molar-refractivity contribution is 6.30. The molecule has 1 aromatic carbocycles. The first-order valence-electron chi connectivity index (χ1n) is 7.00. The molecule has 1 fully saturated rings. The minimum Gasteiger partial charge on any atom is -0.495 e. The molecule has 0 aromatic heterocycles. The van der Waals surface area contributed by atoms with Crippen LogP contribution in [0.4, 0.5) is 5.69 Å². The van der Waals surface area contributed by atoms with Crippen LogP contribution in [0.2, 0.25) is 5.02 Å². The molecule has 3 heteroatoms. The maximum Gasteiger partial charge on any atom is 0.142 e. The first-order chi connectivity index (χ1) is 8.89. The zero-order valence-corrected chi connectivity index (χ0v) is 13.1. The topological polar surface area (TPSA) is 21.3 Å². The van der Waals surface area contributed by atoms with E-state index in [1.165, 1.54) is 19.3 Å². The molecule has 106 valence electrons. The van der Waals surface area contributed by atoms with Gasteiger partial charge in [0.2, 0.25) is 0 Å². The second-order valence-electron chi connectivity index (χ2n) is 6.60. The summed E-state index contributed by atoms with van der Waals surface area (Å²) in [5.41, 5.74) is 1.41. The van der Waals surface area contributed by atoms with E-state index in [9.17, 15) is 0 Å². The molecule has 0 amide bonds. The Kier molecular flexibility index (Phi) is 4.29. The molecular formula is C16H24ClNO. The van der Waals surface area contributed by atoms with E-state index >= 15 is 0 Å². The van der Waals surface area contributed by atoms with E-state index < -0.39 is 0 Å². The average Bonchev–Trinajstić information content (AvgIpc) is 2.26. The van der Waals surface area contributed by atoms with Gasteiger partial charge in [0.05, 0.1) is 12.8 Å². The second-order valence-corrected chi connectivity index (χ2v) is 7.04. The number of methoxy groups -OCH3 is 1. The van der Waals surface area contributed by atoms with Crippen molar-refractivity contribution in [2.75, 3.05) is 12.4 Å². The lowest BCUT2D eigenvalue weighted by molar-refractivity contribution is 0.178. The third-order valence-electron chi connectivity index (χ3n) is 3.91. The fourth-order valence-corrected chi connectivity index (χ4v) is 3.64. The Morgan fingerprint density at radius 3 is 2.68 bits per heavy atom. The van der Waals surface area contributed by atoms with Gasteiger partial charge in [-0.25, -0.2) is 0 Å².